The minimum Gasteiger partial charge on any atom is -0.379 e. The van der Waals surface area contributed by atoms with Crippen molar-refractivity contribution in [2.24, 2.45) is 0 Å². The largest absolute Gasteiger partial charge is 0.379 e. The molecule has 0 bridgehead atoms. The van der Waals surface area contributed by atoms with E-state index >= 15 is 0 Å². The highest BCUT2D eigenvalue weighted by molar-refractivity contribution is 7.13. The summed E-state index contributed by atoms with van der Waals surface area (Å²) in [5.74, 6) is 0.0428. The predicted molar refractivity (Wildman–Crippen MR) is 133 cm³/mol. The molecule has 0 saturated carbocycles. The summed E-state index contributed by atoms with van der Waals surface area (Å²) in [6.45, 7) is 4.96. The number of piperidine rings is 1. The number of hydrogen-bond acceptors (Lipinski definition) is 6. The monoisotopic (exact) mass is 479 g/mol. The lowest BCUT2D eigenvalue weighted by Crippen LogP contribution is -2.41. The van der Waals surface area contributed by atoms with E-state index in [4.69, 9.17) is 9.72 Å². The predicted octanol–water partition coefficient (Wildman–Crippen LogP) is 3.70. The molecular formula is C25H29N5O3S. The van der Waals surface area contributed by atoms with E-state index in [-0.39, 0.29) is 11.8 Å². The fourth-order valence-electron chi connectivity index (χ4n) is 4.33. The molecule has 2 N–H and O–H groups in total. The molecule has 0 unspecified atom stereocenters. The highest BCUT2D eigenvalue weighted by atomic mass is 32.1. The highest BCUT2D eigenvalue weighted by Crippen LogP contribution is 2.30. The van der Waals surface area contributed by atoms with Crippen molar-refractivity contribution in [2.45, 2.75) is 19.3 Å². The second kappa shape index (κ2) is 10.5. The molecule has 8 nitrogen and oxygen atoms in total. The summed E-state index contributed by atoms with van der Waals surface area (Å²) in [6.07, 6.45) is 5.20. The Morgan fingerprint density at radius 3 is 2.56 bits per heavy atom. The summed E-state index contributed by atoms with van der Waals surface area (Å²) in [5.41, 5.74) is 4.13. The zero-order valence-corrected chi connectivity index (χ0v) is 19.9. The number of aromatic amines is 1. The van der Waals surface area contributed by atoms with Crippen LogP contribution >= 0.6 is 11.3 Å². The number of ether oxygens (including phenoxy) is 1. The molecule has 2 saturated heterocycles. The lowest BCUT2D eigenvalue weighted by Gasteiger charge is -2.26. The third-order valence-corrected chi connectivity index (χ3v) is 7.13. The average molecular weight is 480 g/mol. The zero-order valence-electron chi connectivity index (χ0n) is 19.1. The van der Waals surface area contributed by atoms with Gasteiger partial charge in [-0.05, 0) is 49.6 Å². The second-order valence-electron chi connectivity index (χ2n) is 8.71. The van der Waals surface area contributed by atoms with Gasteiger partial charge in [-0.25, -0.2) is 4.98 Å². The molecule has 3 aromatic rings. The first kappa shape index (κ1) is 22.8. The van der Waals surface area contributed by atoms with Crippen LogP contribution in [0.4, 0.5) is 5.69 Å². The van der Waals surface area contributed by atoms with E-state index in [9.17, 15) is 9.59 Å². The number of rotatable bonds is 6. The van der Waals surface area contributed by atoms with Crippen LogP contribution in [0.3, 0.4) is 0 Å². The number of anilines is 1. The topological polar surface area (TPSA) is 90.6 Å². The highest BCUT2D eigenvalue weighted by Gasteiger charge is 2.20. The van der Waals surface area contributed by atoms with Crippen LogP contribution in [0.25, 0.3) is 21.8 Å². The normalized spacial score (nSPS) is 17.0. The molecular weight excluding hydrogens is 450 g/mol. The number of likely N-dealkylation sites (tertiary alicyclic amines) is 1. The standard InChI is InChI=1S/C25H29N5O3S/c31-23(16-29-10-12-33-13-11-29)27-20-6-4-18(5-7-20)24-28-22(17-34-24)19-14-21(26-15-19)25(32)30-8-2-1-3-9-30/h4-7,14-15,17,26H,1-3,8-13,16H2,(H,27,31). The SMILES string of the molecule is O=C(CN1CCOCC1)Nc1ccc(-c2nc(-c3c[nH]c(C(=O)N4CCCCC4)c3)cs2)cc1. The van der Waals surface area contributed by atoms with E-state index < -0.39 is 0 Å². The molecule has 178 valence electrons. The minimum atomic E-state index is -0.0199. The van der Waals surface area contributed by atoms with Gasteiger partial charge in [-0.2, -0.15) is 0 Å². The molecule has 2 aromatic heterocycles. The molecule has 2 aliphatic heterocycles. The number of carbonyl (C=O) groups is 2. The fourth-order valence-corrected chi connectivity index (χ4v) is 5.17. The van der Waals surface area contributed by atoms with Gasteiger partial charge in [-0.1, -0.05) is 0 Å². The van der Waals surface area contributed by atoms with Crippen LogP contribution in [0, 0.1) is 0 Å². The maximum absolute atomic E-state index is 12.7. The van der Waals surface area contributed by atoms with E-state index in [0.29, 0.717) is 25.5 Å². The number of benzene rings is 1. The number of aromatic nitrogens is 2. The van der Waals surface area contributed by atoms with E-state index in [1.807, 2.05) is 46.8 Å². The summed E-state index contributed by atoms with van der Waals surface area (Å²) in [6, 6.07) is 9.63. The van der Waals surface area contributed by atoms with Crippen molar-refractivity contribution in [3.63, 3.8) is 0 Å². The first-order valence-corrected chi connectivity index (χ1v) is 12.7. The third kappa shape index (κ3) is 5.38. The summed E-state index contributed by atoms with van der Waals surface area (Å²) in [7, 11) is 0. The van der Waals surface area contributed by atoms with Gasteiger partial charge in [0.1, 0.15) is 10.7 Å². The molecule has 5 rings (SSSR count). The molecule has 4 heterocycles. The van der Waals surface area contributed by atoms with Crippen molar-refractivity contribution in [3.05, 3.63) is 47.6 Å². The molecule has 2 fully saturated rings. The summed E-state index contributed by atoms with van der Waals surface area (Å²) >= 11 is 1.56. The molecule has 0 aliphatic carbocycles. The zero-order chi connectivity index (χ0) is 23.3. The number of hydrogen-bond donors (Lipinski definition) is 2. The molecule has 0 atom stereocenters. The van der Waals surface area contributed by atoms with Gasteiger partial charge in [0.15, 0.2) is 0 Å². The van der Waals surface area contributed by atoms with Crippen molar-refractivity contribution in [2.75, 3.05) is 51.3 Å². The van der Waals surface area contributed by atoms with Crippen LogP contribution < -0.4 is 5.32 Å². The quantitative estimate of drug-likeness (QED) is 0.563. The van der Waals surface area contributed by atoms with Crippen LogP contribution in [0.1, 0.15) is 29.8 Å². The number of nitrogens with zero attached hydrogens (tertiary/aromatic N) is 3. The van der Waals surface area contributed by atoms with Gasteiger partial charge < -0.3 is 19.9 Å². The van der Waals surface area contributed by atoms with E-state index in [1.54, 1.807) is 11.3 Å². The minimum absolute atomic E-state index is 0.0199. The first-order valence-electron chi connectivity index (χ1n) is 11.8. The van der Waals surface area contributed by atoms with E-state index in [0.717, 1.165) is 66.5 Å². The first-order chi connectivity index (χ1) is 16.7. The summed E-state index contributed by atoms with van der Waals surface area (Å²) < 4.78 is 5.32. The lowest BCUT2D eigenvalue weighted by atomic mass is 10.1. The van der Waals surface area contributed by atoms with Gasteiger partial charge in [0.25, 0.3) is 5.91 Å². The maximum Gasteiger partial charge on any atom is 0.270 e. The van der Waals surface area contributed by atoms with Crippen molar-refractivity contribution in [1.29, 1.82) is 0 Å². The number of H-pyrrole nitrogens is 1. The van der Waals surface area contributed by atoms with Crippen LogP contribution in [0.5, 0.6) is 0 Å². The Hall–Kier alpha value is -3.01. The Morgan fingerprint density at radius 2 is 1.79 bits per heavy atom. The molecule has 34 heavy (non-hydrogen) atoms. The van der Waals surface area contributed by atoms with Crippen molar-refractivity contribution < 1.29 is 14.3 Å². The van der Waals surface area contributed by atoms with Gasteiger partial charge in [0.05, 0.1) is 25.5 Å². The van der Waals surface area contributed by atoms with Gasteiger partial charge in [-0.15, -0.1) is 11.3 Å². The van der Waals surface area contributed by atoms with Crippen LogP contribution in [-0.2, 0) is 9.53 Å². The maximum atomic E-state index is 12.7. The van der Waals surface area contributed by atoms with Gasteiger partial charge in [0.2, 0.25) is 5.91 Å². The van der Waals surface area contributed by atoms with Crippen LogP contribution in [-0.4, -0.2) is 77.5 Å². The summed E-state index contributed by atoms with van der Waals surface area (Å²) in [4.78, 5) is 37.0. The molecule has 0 radical (unpaired) electrons. The molecule has 1 aromatic carbocycles. The number of thiazole rings is 1. The van der Waals surface area contributed by atoms with Crippen LogP contribution in [0.2, 0.25) is 0 Å². The fraction of sp³-hybridized carbons (Fsp3) is 0.400. The van der Waals surface area contributed by atoms with E-state index in [2.05, 4.69) is 15.2 Å². The van der Waals surface area contributed by atoms with Crippen molar-refractivity contribution in [3.8, 4) is 21.8 Å². The second-order valence-corrected chi connectivity index (χ2v) is 9.56. The Kier molecular flexibility index (Phi) is 7.03. The van der Waals surface area contributed by atoms with Crippen molar-refractivity contribution in [1.82, 2.24) is 19.8 Å². The van der Waals surface area contributed by atoms with Crippen molar-refractivity contribution >= 4 is 28.8 Å². The lowest BCUT2D eigenvalue weighted by molar-refractivity contribution is -0.118. The summed E-state index contributed by atoms with van der Waals surface area (Å²) in [5, 5.41) is 5.86. The average Bonchev–Trinajstić information content (AvgIpc) is 3.55. The van der Waals surface area contributed by atoms with Gasteiger partial charge in [-0.3, -0.25) is 14.5 Å². The number of amides is 2. The van der Waals surface area contributed by atoms with E-state index in [1.165, 1.54) is 6.42 Å². The third-order valence-electron chi connectivity index (χ3n) is 6.24. The smallest absolute Gasteiger partial charge is 0.270 e. The number of carbonyl (C=O) groups excluding carboxylic acids is 2. The van der Waals surface area contributed by atoms with Crippen LogP contribution in [0.15, 0.2) is 41.9 Å². The molecule has 9 heteroatoms. The molecule has 0 spiro atoms. The molecule has 2 amide bonds. The Bertz CT molecular complexity index is 1130. The Labute approximate surface area is 202 Å². The molecule has 2 aliphatic rings. The Balaban J connectivity index is 1.20. The van der Waals surface area contributed by atoms with Gasteiger partial charge in [0, 0.05) is 54.6 Å². The Morgan fingerprint density at radius 1 is 1.03 bits per heavy atom. The number of morpholine rings is 1. The number of nitrogens with one attached hydrogen (secondary N) is 2. The van der Waals surface area contributed by atoms with Gasteiger partial charge >= 0.3 is 0 Å².